The van der Waals surface area contributed by atoms with Gasteiger partial charge >= 0.3 is 6.18 Å². The van der Waals surface area contributed by atoms with E-state index in [0.29, 0.717) is 57.3 Å². The maximum absolute atomic E-state index is 15.8. The fourth-order valence-corrected chi connectivity index (χ4v) is 5.57. The van der Waals surface area contributed by atoms with Crippen LogP contribution in [0, 0.1) is 11.6 Å². The van der Waals surface area contributed by atoms with E-state index >= 15 is 8.78 Å². The monoisotopic (exact) mass is 605 g/mol. The minimum absolute atomic E-state index is 0.0424. The number of nitrogens with zero attached hydrogens (tertiary/aromatic N) is 3. The molecule has 1 amide bonds. The van der Waals surface area contributed by atoms with Gasteiger partial charge in [-0.15, -0.1) is 0 Å². The maximum atomic E-state index is 15.8. The Labute approximate surface area is 245 Å². The highest BCUT2D eigenvalue weighted by molar-refractivity contribution is 6.07. The number of benzene rings is 2. The van der Waals surface area contributed by atoms with Crippen LogP contribution in [0.25, 0.3) is 11.1 Å². The fraction of sp³-hybridized carbons (Fsp3) is 0.400. The summed E-state index contributed by atoms with van der Waals surface area (Å²) in [5.74, 6) is -2.41. The van der Waals surface area contributed by atoms with Gasteiger partial charge in [0.05, 0.1) is 41.4 Å². The number of amides is 1. The molecule has 0 spiro atoms. The normalized spacial score (nSPS) is 19.9. The minimum atomic E-state index is -4.97. The lowest BCUT2D eigenvalue weighted by Gasteiger charge is -2.44. The molecule has 0 aliphatic carbocycles. The van der Waals surface area contributed by atoms with E-state index in [1.54, 1.807) is 12.1 Å². The Kier molecular flexibility index (Phi) is 8.48. The Morgan fingerprint density at radius 3 is 2.26 bits per heavy atom. The topological polar surface area (TPSA) is 80.9 Å². The number of carbonyl (C=O) groups is 1. The second-order valence-electron chi connectivity index (χ2n) is 11.0. The summed E-state index contributed by atoms with van der Waals surface area (Å²) in [6.45, 7) is 6.80. The maximum Gasteiger partial charge on any atom is 0.417 e. The number of pyridine rings is 1. The molecule has 0 saturated carbocycles. The average molecular weight is 606 g/mol. The number of anilines is 3. The molecule has 2 aliphatic rings. The second-order valence-corrected chi connectivity index (χ2v) is 11.0. The van der Waals surface area contributed by atoms with Gasteiger partial charge in [-0.3, -0.25) is 14.5 Å². The molecule has 2 N–H and O–H groups in total. The van der Waals surface area contributed by atoms with Crippen molar-refractivity contribution in [3.05, 3.63) is 75.7 Å². The van der Waals surface area contributed by atoms with Crippen LogP contribution in [0.3, 0.4) is 0 Å². The molecule has 13 heteroatoms. The molecule has 2 atom stereocenters. The zero-order chi connectivity index (χ0) is 31.1. The molecule has 2 aromatic carbocycles. The standard InChI is InChI=1S/C30H32F5N5O3/c1-17-15-40(16-18(2)38(17)3)27-13-23(31)20(19-4-5-26(24(32)10-19)39-6-8-43-9-7-39)11-25(27)37-29(42)21-14-36-28(41)12-22(21)30(33,34)35/h4-5,10-14,17-18H,6-9,15-16H2,1-3H3,(H,36,41)(H,37,42)/t17-,18-/m1/s1. The van der Waals surface area contributed by atoms with Crippen LogP contribution >= 0.6 is 0 Å². The van der Waals surface area contributed by atoms with Gasteiger partial charge in [0, 0.05) is 56.1 Å². The first-order valence-electron chi connectivity index (χ1n) is 13.9. The Morgan fingerprint density at radius 2 is 1.63 bits per heavy atom. The fourth-order valence-electron chi connectivity index (χ4n) is 5.57. The minimum Gasteiger partial charge on any atom is -0.378 e. The Bertz CT molecular complexity index is 1560. The van der Waals surface area contributed by atoms with E-state index in [1.807, 2.05) is 30.7 Å². The van der Waals surface area contributed by atoms with Crippen molar-refractivity contribution in [1.29, 1.82) is 0 Å². The number of ether oxygens (including phenoxy) is 1. The predicted molar refractivity (Wildman–Crippen MR) is 154 cm³/mol. The molecule has 3 heterocycles. The van der Waals surface area contributed by atoms with Crippen molar-refractivity contribution in [3.63, 3.8) is 0 Å². The second kappa shape index (κ2) is 12.0. The predicted octanol–water partition coefficient (Wildman–Crippen LogP) is 4.96. The number of halogens is 5. The number of morpholine rings is 1. The lowest BCUT2D eigenvalue weighted by atomic mass is 10.0. The molecule has 8 nitrogen and oxygen atoms in total. The van der Waals surface area contributed by atoms with Crippen molar-refractivity contribution in [2.24, 2.45) is 0 Å². The number of hydrogen-bond donors (Lipinski definition) is 2. The molecule has 2 fully saturated rings. The van der Waals surface area contributed by atoms with E-state index in [-0.39, 0.29) is 34.6 Å². The van der Waals surface area contributed by atoms with Crippen LogP contribution in [0.4, 0.5) is 39.0 Å². The summed E-state index contributed by atoms with van der Waals surface area (Å²) < 4.78 is 77.5. The van der Waals surface area contributed by atoms with E-state index < -0.39 is 40.4 Å². The summed E-state index contributed by atoms with van der Waals surface area (Å²) in [6, 6.07) is 7.22. The lowest BCUT2D eigenvalue weighted by molar-refractivity contribution is -0.138. The van der Waals surface area contributed by atoms with Gasteiger partial charge in [-0.05, 0) is 50.7 Å². The Morgan fingerprint density at radius 1 is 0.953 bits per heavy atom. The summed E-state index contributed by atoms with van der Waals surface area (Å²) in [5.41, 5.74) is -2.42. The molecule has 5 rings (SSSR count). The van der Waals surface area contributed by atoms with Crippen molar-refractivity contribution in [1.82, 2.24) is 9.88 Å². The number of rotatable bonds is 5. The average Bonchev–Trinajstić information content (AvgIpc) is 2.96. The molecule has 3 aromatic rings. The third kappa shape index (κ3) is 6.37. The lowest BCUT2D eigenvalue weighted by Crippen LogP contribution is -2.55. The number of aromatic nitrogens is 1. The third-order valence-electron chi connectivity index (χ3n) is 8.12. The summed E-state index contributed by atoms with van der Waals surface area (Å²) in [7, 11) is 1.96. The number of hydrogen-bond acceptors (Lipinski definition) is 6. The van der Waals surface area contributed by atoms with Gasteiger partial charge in [0.25, 0.3) is 5.91 Å². The van der Waals surface area contributed by atoms with Gasteiger partial charge in [0.15, 0.2) is 0 Å². The van der Waals surface area contributed by atoms with Crippen molar-refractivity contribution >= 4 is 23.0 Å². The van der Waals surface area contributed by atoms with Crippen LogP contribution in [0.15, 0.2) is 47.4 Å². The smallest absolute Gasteiger partial charge is 0.378 e. The first kappa shape index (κ1) is 30.5. The summed E-state index contributed by atoms with van der Waals surface area (Å²) in [5, 5.41) is 2.51. The molecule has 1 aromatic heterocycles. The van der Waals surface area contributed by atoms with Crippen molar-refractivity contribution in [3.8, 4) is 11.1 Å². The largest absolute Gasteiger partial charge is 0.417 e. The van der Waals surface area contributed by atoms with Gasteiger partial charge in [-0.25, -0.2) is 8.78 Å². The number of nitrogens with one attached hydrogen (secondary N) is 2. The quantitative estimate of drug-likeness (QED) is 0.401. The van der Waals surface area contributed by atoms with Gasteiger partial charge in [-0.1, -0.05) is 6.07 Å². The molecule has 230 valence electrons. The number of piperazine rings is 1. The molecule has 0 unspecified atom stereocenters. The van der Waals surface area contributed by atoms with Gasteiger partial charge in [-0.2, -0.15) is 13.2 Å². The Hall–Kier alpha value is -3.97. The van der Waals surface area contributed by atoms with Crippen LogP contribution in [0.1, 0.15) is 29.8 Å². The number of likely N-dealkylation sites (N-methyl/N-ethyl adjacent to an activating group) is 1. The number of H-pyrrole nitrogens is 1. The molecule has 0 bridgehead atoms. The van der Waals surface area contributed by atoms with Gasteiger partial charge in [0.2, 0.25) is 5.56 Å². The molecule has 0 radical (unpaired) electrons. The first-order chi connectivity index (χ1) is 20.3. The molecule has 2 aliphatic heterocycles. The highest BCUT2D eigenvalue weighted by atomic mass is 19.4. The molecular formula is C30H32F5N5O3. The van der Waals surface area contributed by atoms with Crippen molar-refractivity contribution in [2.75, 3.05) is 61.6 Å². The van der Waals surface area contributed by atoms with Gasteiger partial charge < -0.3 is 24.8 Å². The van der Waals surface area contributed by atoms with E-state index in [2.05, 4.69) is 15.2 Å². The number of carbonyl (C=O) groups excluding carboxylic acids is 1. The van der Waals surface area contributed by atoms with Crippen LogP contribution in [0.5, 0.6) is 0 Å². The summed E-state index contributed by atoms with van der Waals surface area (Å²) in [4.78, 5) is 32.9. The van der Waals surface area contributed by atoms with Crippen LogP contribution in [0.2, 0.25) is 0 Å². The number of alkyl halides is 3. The van der Waals surface area contributed by atoms with E-state index in [1.165, 1.54) is 18.2 Å². The Balaban J connectivity index is 1.57. The van der Waals surface area contributed by atoms with E-state index in [0.717, 1.165) is 0 Å². The first-order valence-corrected chi connectivity index (χ1v) is 13.9. The zero-order valence-electron chi connectivity index (χ0n) is 23.9. The third-order valence-corrected chi connectivity index (χ3v) is 8.12. The number of aromatic amines is 1. The highest BCUT2D eigenvalue weighted by Crippen LogP contribution is 2.38. The highest BCUT2D eigenvalue weighted by Gasteiger charge is 2.36. The summed E-state index contributed by atoms with van der Waals surface area (Å²) in [6.07, 6.45) is -4.27. The van der Waals surface area contributed by atoms with Crippen LogP contribution < -0.4 is 20.7 Å². The van der Waals surface area contributed by atoms with Gasteiger partial charge in [0.1, 0.15) is 11.6 Å². The van der Waals surface area contributed by atoms with Crippen molar-refractivity contribution in [2.45, 2.75) is 32.1 Å². The molecule has 2 saturated heterocycles. The van der Waals surface area contributed by atoms with E-state index in [4.69, 9.17) is 4.74 Å². The van der Waals surface area contributed by atoms with Crippen LogP contribution in [-0.2, 0) is 10.9 Å². The zero-order valence-corrected chi connectivity index (χ0v) is 23.9. The van der Waals surface area contributed by atoms with Crippen molar-refractivity contribution < 1.29 is 31.5 Å². The molecular weight excluding hydrogens is 573 g/mol. The summed E-state index contributed by atoms with van der Waals surface area (Å²) >= 11 is 0. The SMILES string of the molecule is C[C@@H]1CN(c2cc(F)c(-c3ccc(N4CCOCC4)c(F)c3)cc2NC(=O)c2c[nH]c(=O)cc2C(F)(F)F)C[C@@H](C)N1C. The molecule has 43 heavy (non-hydrogen) atoms. The van der Waals surface area contributed by atoms with E-state index in [9.17, 15) is 22.8 Å². The van der Waals surface area contributed by atoms with Crippen LogP contribution in [-0.4, -0.2) is 74.3 Å².